The molecule has 1 aliphatic heterocycles. The van der Waals surface area contributed by atoms with Crippen molar-refractivity contribution in [3.8, 4) is 0 Å². The standard InChI is InChI=1S/C21H24N2O3S/c1-15(27-19-8-4-3-7-18(19)21(25)26)20(24)22-16-9-11-17(12-10-16)23-13-5-2-6-14-23/h3-4,7-12,15H,2,5-6,13-14H2,1H3,(H,22,24)(H,25,26)/t15-/m0/s1. The number of nitrogens with zero attached hydrogens (tertiary/aromatic N) is 1. The van der Waals surface area contributed by atoms with Crippen molar-refractivity contribution < 1.29 is 14.7 Å². The van der Waals surface area contributed by atoms with E-state index >= 15 is 0 Å². The molecule has 1 amide bonds. The summed E-state index contributed by atoms with van der Waals surface area (Å²) in [5.41, 5.74) is 2.15. The first-order chi connectivity index (χ1) is 13.0. The van der Waals surface area contributed by atoms with Crippen LogP contribution < -0.4 is 10.2 Å². The van der Waals surface area contributed by atoms with E-state index in [0.29, 0.717) is 4.90 Å². The number of thioether (sulfide) groups is 1. The molecule has 1 aliphatic rings. The van der Waals surface area contributed by atoms with Crippen molar-refractivity contribution in [2.75, 3.05) is 23.3 Å². The Morgan fingerprint density at radius 2 is 1.70 bits per heavy atom. The Balaban J connectivity index is 1.60. The maximum Gasteiger partial charge on any atom is 0.336 e. The quantitative estimate of drug-likeness (QED) is 0.718. The molecule has 1 saturated heterocycles. The van der Waals surface area contributed by atoms with Crippen LogP contribution in [0.25, 0.3) is 0 Å². The molecule has 142 valence electrons. The maximum atomic E-state index is 12.5. The molecule has 2 aromatic carbocycles. The van der Waals surface area contributed by atoms with Crippen molar-refractivity contribution in [2.24, 2.45) is 0 Å². The Labute approximate surface area is 163 Å². The van der Waals surface area contributed by atoms with Crippen LogP contribution >= 0.6 is 11.8 Å². The molecule has 0 radical (unpaired) electrons. The van der Waals surface area contributed by atoms with E-state index in [-0.39, 0.29) is 11.5 Å². The molecule has 0 unspecified atom stereocenters. The minimum Gasteiger partial charge on any atom is -0.478 e. The van der Waals surface area contributed by atoms with E-state index in [0.717, 1.165) is 18.8 Å². The number of nitrogens with one attached hydrogen (secondary N) is 1. The van der Waals surface area contributed by atoms with E-state index in [1.54, 1.807) is 31.2 Å². The number of carboxylic acid groups (broad SMARTS) is 1. The smallest absolute Gasteiger partial charge is 0.336 e. The van der Waals surface area contributed by atoms with Gasteiger partial charge in [0, 0.05) is 29.4 Å². The van der Waals surface area contributed by atoms with Crippen LogP contribution in [0.2, 0.25) is 0 Å². The van der Waals surface area contributed by atoms with Crippen molar-refractivity contribution >= 4 is 35.0 Å². The van der Waals surface area contributed by atoms with Gasteiger partial charge < -0.3 is 15.3 Å². The first-order valence-electron chi connectivity index (χ1n) is 9.19. The van der Waals surface area contributed by atoms with Crippen LogP contribution in [-0.2, 0) is 4.79 Å². The Bertz CT molecular complexity index is 801. The fraction of sp³-hybridized carbons (Fsp3) is 0.333. The average molecular weight is 385 g/mol. The van der Waals surface area contributed by atoms with Gasteiger partial charge in [-0.15, -0.1) is 11.8 Å². The lowest BCUT2D eigenvalue weighted by molar-refractivity contribution is -0.115. The number of carboxylic acids is 1. The Morgan fingerprint density at radius 3 is 2.37 bits per heavy atom. The van der Waals surface area contributed by atoms with Crippen molar-refractivity contribution in [1.82, 2.24) is 0 Å². The van der Waals surface area contributed by atoms with Crippen molar-refractivity contribution in [1.29, 1.82) is 0 Å². The van der Waals surface area contributed by atoms with Crippen molar-refractivity contribution in [3.05, 3.63) is 54.1 Å². The van der Waals surface area contributed by atoms with Crippen LogP contribution in [0.1, 0.15) is 36.5 Å². The second-order valence-corrected chi connectivity index (χ2v) is 8.03. The van der Waals surface area contributed by atoms with Crippen molar-refractivity contribution in [2.45, 2.75) is 36.3 Å². The third-order valence-corrected chi connectivity index (χ3v) is 5.82. The zero-order valence-corrected chi connectivity index (χ0v) is 16.2. The molecule has 27 heavy (non-hydrogen) atoms. The summed E-state index contributed by atoms with van der Waals surface area (Å²) in [5, 5.41) is 11.8. The molecule has 1 fully saturated rings. The third-order valence-electron chi connectivity index (χ3n) is 4.65. The first-order valence-corrected chi connectivity index (χ1v) is 10.1. The lowest BCUT2D eigenvalue weighted by Crippen LogP contribution is -2.29. The molecule has 2 N–H and O–H groups in total. The largest absolute Gasteiger partial charge is 0.478 e. The highest BCUT2D eigenvalue weighted by Crippen LogP contribution is 2.28. The molecular weight excluding hydrogens is 360 g/mol. The van der Waals surface area contributed by atoms with E-state index in [2.05, 4.69) is 10.2 Å². The van der Waals surface area contributed by atoms with Gasteiger partial charge in [0.15, 0.2) is 0 Å². The predicted molar refractivity (Wildman–Crippen MR) is 110 cm³/mol. The number of hydrogen-bond acceptors (Lipinski definition) is 4. The third kappa shape index (κ3) is 5.04. The van der Waals surface area contributed by atoms with Crippen LogP contribution in [0.15, 0.2) is 53.4 Å². The molecule has 0 saturated carbocycles. The van der Waals surface area contributed by atoms with Gasteiger partial charge >= 0.3 is 5.97 Å². The van der Waals surface area contributed by atoms with Gasteiger partial charge in [0.2, 0.25) is 5.91 Å². The molecule has 5 nitrogen and oxygen atoms in total. The monoisotopic (exact) mass is 384 g/mol. The fourth-order valence-electron chi connectivity index (χ4n) is 3.14. The number of piperidine rings is 1. The molecule has 6 heteroatoms. The molecular formula is C21H24N2O3S. The van der Waals surface area contributed by atoms with Gasteiger partial charge in [0.1, 0.15) is 0 Å². The van der Waals surface area contributed by atoms with E-state index < -0.39 is 11.2 Å². The van der Waals surface area contributed by atoms with Crippen LogP contribution in [-0.4, -0.2) is 35.3 Å². The summed E-state index contributed by atoms with van der Waals surface area (Å²) in [6, 6.07) is 14.7. The molecule has 3 rings (SSSR count). The maximum absolute atomic E-state index is 12.5. The van der Waals surface area contributed by atoms with Gasteiger partial charge in [-0.25, -0.2) is 4.79 Å². The van der Waals surface area contributed by atoms with E-state index in [1.807, 2.05) is 24.3 Å². The highest BCUT2D eigenvalue weighted by Gasteiger charge is 2.18. The molecule has 0 aromatic heterocycles. The Hall–Kier alpha value is -2.47. The molecule has 0 spiro atoms. The minimum absolute atomic E-state index is 0.147. The topological polar surface area (TPSA) is 69.6 Å². The number of carbonyl (C=O) groups excluding carboxylic acids is 1. The second kappa shape index (κ2) is 8.95. The van der Waals surface area contributed by atoms with Gasteiger partial charge in [-0.1, -0.05) is 12.1 Å². The van der Waals surface area contributed by atoms with Gasteiger partial charge in [0.25, 0.3) is 0 Å². The van der Waals surface area contributed by atoms with E-state index in [1.165, 1.54) is 36.7 Å². The molecule has 0 aliphatic carbocycles. The summed E-state index contributed by atoms with van der Waals surface area (Å²) >= 11 is 1.25. The number of hydrogen-bond donors (Lipinski definition) is 2. The molecule has 1 heterocycles. The van der Waals surface area contributed by atoms with Gasteiger partial charge in [-0.2, -0.15) is 0 Å². The van der Waals surface area contributed by atoms with E-state index in [9.17, 15) is 14.7 Å². The lowest BCUT2D eigenvalue weighted by Gasteiger charge is -2.28. The predicted octanol–water partition coefficient (Wildman–Crippen LogP) is 4.49. The zero-order valence-electron chi connectivity index (χ0n) is 15.4. The number of anilines is 2. The van der Waals surface area contributed by atoms with Crippen LogP contribution in [0.3, 0.4) is 0 Å². The summed E-state index contributed by atoms with van der Waals surface area (Å²) in [6.07, 6.45) is 3.75. The zero-order chi connectivity index (χ0) is 19.2. The molecule has 0 bridgehead atoms. The minimum atomic E-state index is -0.987. The summed E-state index contributed by atoms with van der Waals surface area (Å²) in [6.45, 7) is 3.95. The lowest BCUT2D eigenvalue weighted by atomic mass is 10.1. The Kier molecular flexibility index (Phi) is 6.40. The molecule has 1 atom stereocenters. The van der Waals surface area contributed by atoms with Crippen LogP contribution in [0.5, 0.6) is 0 Å². The van der Waals surface area contributed by atoms with Gasteiger partial charge in [0.05, 0.1) is 10.8 Å². The fourth-order valence-corrected chi connectivity index (χ4v) is 4.13. The number of amides is 1. The molecule has 2 aromatic rings. The number of aromatic carboxylic acids is 1. The summed E-state index contributed by atoms with van der Waals surface area (Å²) < 4.78 is 0. The van der Waals surface area contributed by atoms with Crippen molar-refractivity contribution in [3.63, 3.8) is 0 Å². The highest BCUT2D eigenvalue weighted by atomic mass is 32.2. The summed E-state index contributed by atoms with van der Waals surface area (Å²) in [7, 11) is 0. The summed E-state index contributed by atoms with van der Waals surface area (Å²) in [5.74, 6) is -1.13. The van der Waals surface area contributed by atoms with Gasteiger partial charge in [-0.3, -0.25) is 4.79 Å². The summed E-state index contributed by atoms with van der Waals surface area (Å²) in [4.78, 5) is 26.8. The second-order valence-electron chi connectivity index (χ2n) is 6.65. The highest BCUT2D eigenvalue weighted by molar-refractivity contribution is 8.00. The normalized spacial score (nSPS) is 15.2. The number of rotatable bonds is 6. The van der Waals surface area contributed by atoms with Gasteiger partial charge in [-0.05, 0) is 62.6 Å². The Morgan fingerprint density at radius 1 is 1.04 bits per heavy atom. The SMILES string of the molecule is C[C@H](Sc1ccccc1C(=O)O)C(=O)Nc1ccc(N2CCCCC2)cc1. The van der Waals surface area contributed by atoms with Crippen LogP contribution in [0.4, 0.5) is 11.4 Å². The number of carbonyl (C=O) groups is 2. The average Bonchev–Trinajstić information content (AvgIpc) is 2.69. The first kappa shape index (κ1) is 19.3. The van der Waals surface area contributed by atoms with Crippen LogP contribution in [0, 0.1) is 0 Å². The number of benzene rings is 2. The van der Waals surface area contributed by atoms with E-state index in [4.69, 9.17) is 0 Å².